The molecule has 0 bridgehead atoms. The maximum absolute atomic E-state index is 14.6. The van der Waals surface area contributed by atoms with E-state index in [0.29, 0.717) is 17.5 Å². The number of thiophene rings is 1. The Morgan fingerprint density at radius 3 is 2.47 bits per heavy atom. The van der Waals surface area contributed by atoms with Gasteiger partial charge in [-0.1, -0.05) is 36.4 Å². The van der Waals surface area contributed by atoms with Crippen molar-refractivity contribution in [3.05, 3.63) is 82.7 Å². The molecule has 0 saturated heterocycles. The molecule has 0 unspecified atom stereocenters. The summed E-state index contributed by atoms with van der Waals surface area (Å²) < 4.78 is 30.9. The first kappa shape index (κ1) is 20.2. The number of nitrogens with one attached hydrogen (secondary N) is 1. The maximum Gasteiger partial charge on any atom is 0.274 e. The van der Waals surface area contributed by atoms with E-state index < -0.39 is 17.5 Å². The first-order valence-corrected chi connectivity index (χ1v) is 10.4. The van der Waals surface area contributed by atoms with Crippen LogP contribution >= 0.6 is 23.1 Å². The number of carbonyl (C=O) groups excluding carboxylic acids is 1. The second-order valence-electron chi connectivity index (χ2n) is 6.17. The molecular weight excluding hydrogens is 430 g/mol. The fourth-order valence-corrected chi connectivity index (χ4v) is 4.36. The van der Waals surface area contributed by atoms with Crippen LogP contribution in [0.2, 0.25) is 0 Å². The topological polar surface area (TPSA) is 80.0 Å². The van der Waals surface area contributed by atoms with Gasteiger partial charge in [0.1, 0.15) is 11.6 Å². The third-order valence-corrected chi connectivity index (χ3v) is 6.14. The van der Waals surface area contributed by atoms with E-state index in [2.05, 4.69) is 10.2 Å². The third kappa shape index (κ3) is 4.11. The second-order valence-corrected chi connectivity index (χ2v) is 8.09. The zero-order chi connectivity index (χ0) is 21.1. The highest BCUT2D eigenvalue weighted by atomic mass is 32.2. The minimum Gasteiger partial charge on any atom is -0.297 e. The van der Waals surface area contributed by atoms with E-state index in [4.69, 9.17) is 5.21 Å². The van der Waals surface area contributed by atoms with Crippen LogP contribution in [0.15, 0.2) is 70.0 Å². The molecule has 2 N–H and O–H groups in total. The Kier molecular flexibility index (Phi) is 5.88. The number of nitrogens with zero attached hydrogens (tertiary/aromatic N) is 3. The van der Waals surface area contributed by atoms with Gasteiger partial charge in [0.05, 0.1) is 16.3 Å². The van der Waals surface area contributed by atoms with Crippen LogP contribution in [0.3, 0.4) is 0 Å². The van der Waals surface area contributed by atoms with Gasteiger partial charge < -0.3 is 0 Å². The van der Waals surface area contributed by atoms with Gasteiger partial charge in [-0.05, 0) is 40.9 Å². The highest BCUT2D eigenvalue weighted by molar-refractivity contribution is 7.99. The molecule has 0 aliphatic carbocycles. The van der Waals surface area contributed by atoms with E-state index in [-0.39, 0.29) is 10.5 Å². The van der Waals surface area contributed by atoms with Gasteiger partial charge in [0.25, 0.3) is 5.91 Å². The summed E-state index contributed by atoms with van der Waals surface area (Å²) >= 11 is 2.27. The average Bonchev–Trinajstić information content (AvgIpc) is 3.41. The van der Waals surface area contributed by atoms with Crippen molar-refractivity contribution in [3.8, 4) is 10.7 Å². The predicted molar refractivity (Wildman–Crippen MR) is 109 cm³/mol. The second kappa shape index (κ2) is 8.74. The van der Waals surface area contributed by atoms with Gasteiger partial charge in [-0.15, -0.1) is 21.5 Å². The van der Waals surface area contributed by atoms with Crippen LogP contribution in [-0.2, 0) is 6.54 Å². The lowest BCUT2D eigenvalue weighted by Gasteiger charge is -2.11. The summed E-state index contributed by atoms with van der Waals surface area (Å²) in [5.74, 6) is -2.29. The smallest absolute Gasteiger partial charge is 0.274 e. The fourth-order valence-electron chi connectivity index (χ4n) is 2.81. The van der Waals surface area contributed by atoms with E-state index in [1.807, 2.05) is 47.8 Å². The first-order valence-electron chi connectivity index (χ1n) is 8.69. The zero-order valence-electron chi connectivity index (χ0n) is 15.3. The van der Waals surface area contributed by atoms with Crippen molar-refractivity contribution in [1.29, 1.82) is 0 Å². The van der Waals surface area contributed by atoms with Gasteiger partial charge in [0.15, 0.2) is 11.0 Å². The molecule has 0 aliphatic heterocycles. The van der Waals surface area contributed by atoms with Gasteiger partial charge in [-0.25, -0.2) is 14.3 Å². The SMILES string of the molecule is O=C(NO)c1cc(F)c(Sc2nnc(-c3cccs3)n2Cc2ccccc2)c(F)c1. The Bertz CT molecular complexity index is 1160. The molecule has 0 atom stereocenters. The van der Waals surface area contributed by atoms with Gasteiger partial charge in [-0.3, -0.25) is 14.6 Å². The molecule has 0 fully saturated rings. The van der Waals surface area contributed by atoms with Crippen molar-refractivity contribution in [3.63, 3.8) is 0 Å². The summed E-state index contributed by atoms with van der Waals surface area (Å²) in [7, 11) is 0. The summed E-state index contributed by atoms with van der Waals surface area (Å²) in [5.41, 5.74) is 2.00. The quantitative estimate of drug-likeness (QED) is 0.336. The summed E-state index contributed by atoms with van der Waals surface area (Å²) in [6.07, 6.45) is 0. The molecule has 152 valence electrons. The number of carbonyl (C=O) groups is 1. The summed E-state index contributed by atoms with van der Waals surface area (Å²) in [4.78, 5) is 12.0. The van der Waals surface area contributed by atoms with Crippen LogP contribution in [0.4, 0.5) is 8.78 Å². The maximum atomic E-state index is 14.6. The van der Waals surface area contributed by atoms with E-state index >= 15 is 0 Å². The van der Waals surface area contributed by atoms with E-state index in [0.717, 1.165) is 34.3 Å². The summed E-state index contributed by atoms with van der Waals surface area (Å²) in [6, 6.07) is 15.1. The van der Waals surface area contributed by atoms with Crippen LogP contribution in [0.1, 0.15) is 15.9 Å². The Hall–Kier alpha value is -3.08. The molecule has 0 radical (unpaired) electrons. The number of hydrogen-bond acceptors (Lipinski definition) is 6. The molecule has 30 heavy (non-hydrogen) atoms. The van der Waals surface area contributed by atoms with Gasteiger partial charge in [0, 0.05) is 5.56 Å². The number of aromatic nitrogens is 3. The molecule has 4 rings (SSSR count). The van der Waals surface area contributed by atoms with Gasteiger partial charge in [-0.2, -0.15) is 0 Å². The minimum absolute atomic E-state index is 0.305. The molecule has 0 spiro atoms. The minimum atomic E-state index is -1.00. The van der Waals surface area contributed by atoms with Crippen LogP contribution in [0.25, 0.3) is 10.7 Å². The van der Waals surface area contributed by atoms with E-state index in [1.54, 1.807) is 4.57 Å². The van der Waals surface area contributed by atoms with Crippen LogP contribution < -0.4 is 5.48 Å². The Morgan fingerprint density at radius 1 is 1.10 bits per heavy atom. The van der Waals surface area contributed by atoms with Crippen molar-refractivity contribution in [1.82, 2.24) is 20.2 Å². The summed E-state index contributed by atoms with van der Waals surface area (Å²) in [5, 5.41) is 19.3. The zero-order valence-corrected chi connectivity index (χ0v) is 16.9. The molecule has 4 aromatic rings. The van der Waals surface area contributed by atoms with Crippen LogP contribution in [0.5, 0.6) is 0 Å². The molecule has 0 saturated carbocycles. The molecule has 0 aliphatic rings. The fraction of sp³-hybridized carbons (Fsp3) is 0.0500. The molecule has 6 nitrogen and oxygen atoms in total. The Balaban J connectivity index is 1.74. The lowest BCUT2D eigenvalue weighted by molar-refractivity contribution is 0.0705. The Morgan fingerprint density at radius 2 is 1.83 bits per heavy atom. The lowest BCUT2D eigenvalue weighted by atomic mass is 10.2. The number of halogens is 2. The number of hydrogen-bond donors (Lipinski definition) is 2. The average molecular weight is 444 g/mol. The largest absolute Gasteiger partial charge is 0.297 e. The van der Waals surface area contributed by atoms with Crippen LogP contribution in [-0.4, -0.2) is 25.9 Å². The molecular formula is C20H14F2N4O2S2. The van der Waals surface area contributed by atoms with E-state index in [9.17, 15) is 13.6 Å². The molecule has 2 heterocycles. The first-order chi connectivity index (χ1) is 14.6. The molecule has 10 heteroatoms. The number of hydroxylamine groups is 1. The molecule has 2 aromatic carbocycles. The monoisotopic (exact) mass is 444 g/mol. The molecule has 1 amide bonds. The number of benzene rings is 2. The van der Waals surface area contributed by atoms with Crippen molar-refractivity contribution in [2.75, 3.05) is 0 Å². The Labute approximate surface area is 178 Å². The van der Waals surface area contributed by atoms with Crippen molar-refractivity contribution in [2.45, 2.75) is 16.6 Å². The van der Waals surface area contributed by atoms with Crippen molar-refractivity contribution in [2.24, 2.45) is 0 Å². The predicted octanol–water partition coefficient (Wildman–Crippen LogP) is 4.60. The van der Waals surface area contributed by atoms with Gasteiger partial charge in [0.2, 0.25) is 0 Å². The molecule has 2 aromatic heterocycles. The van der Waals surface area contributed by atoms with E-state index in [1.165, 1.54) is 16.8 Å². The lowest BCUT2D eigenvalue weighted by Crippen LogP contribution is -2.19. The normalized spacial score (nSPS) is 10.9. The standard InChI is InChI=1S/C20H14F2N4O2S2/c21-14-9-13(19(27)25-28)10-15(22)17(14)30-20-24-23-18(16-7-4-8-29-16)26(20)11-12-5-2-1-3-6-12/h1-10,28H,11H2,(H,25,27). The number of rotatable bonds is 6. The number of amides is 1. The van der Waals surface area contributed by atoms with Gasteiger partial charge >= 0.3 is 0 Å². The highest BCUT2D eigenvalue weighted by Gasteiger charge is 2.21. The third-order valence-electron chi connectivity index (χ3n) is 4.20. The van der Waals surface area contributed by atoms with Crippen molar-refractivity contribution < 1.29 is 18.8 Å². The van der Waals surface area contributed by atoms with Crippen LogP contribution in [0, 0.1) is 11.6 Å². The summed E-state index contributed by atoms with van der Waals surface area (Å²) in [6.45, 7) is 0.414. The highest BCUT2D eigenvalue weighted by Crippen LogP contribution is 2.35. The van der Waals surface area contributed by atoms with Crippen molar-refractivity contribution >= 4 is 29.0 Å².